The molecule has 0 fully saturated rings. The van der Waals surface area contributed by atoms with E-state index in [4.69, 9.17) is 10.8 Å². The second-order valence-electron chi connectivity index (χ2n) is 1.76. The second-order valence-corrected chi connectivity index (χ2v) is 2.87. The monoisotopic (exact) mass is 183 g/mol. The molecule has 0 unspecified atom stereocenters. The predicted octanol–water partition coefficient (Wildman–Crippen LogP) is 0.869. The number of halogens is 2. The van der Waals surface area contributed by atoms with Crippen LogP contribution in [0.5, 0.6) is 0 Å². The molecule has 0 radical (unpaired) electrons. The van der Waals surface area contributed by atoms with Crippen LogP contribution >= 0.6 is 11.8 Å². The standard InChI is InChI=1S/C5H7F2NO2S/c1-3(8)11-2-5(6,7)4(9)10/h1-2,8H2,(H,9,10). The summed E-state index contributed by atoms with van der Waals surface area (Å²) < 4.78 is 24.4. The number of carboxylic acids is 1. The topological polar surface area (TPSA) is 63.3 Å². The van der Waals surface area contributed by atoms with Crippen molar-refractivity contribution in [2.45, 2.75) is 5.92 Å². The molecule has 6 heteroatoms. The van der Waals surface area contributed by atoms with Gasteiger partial charge in [-0.25, -0.2) is 4.79 Å². The highest BCUT2D eigenvalue weighted by Crippen LogP contribution is 2.22. The Balaban J connectivity index is 3.92. The van der Waals surface area contributed by atoms with Gasteiger partial charge in [-0.3, -0.25) is 0 Å². The van der Waals surface area contributed by atoms with Gasteiger partial charge < -0.3 is 10.8 Å². The average Bonchev–Trinajstić information content (AvgIpc) is 1.84. The Hall–Kier alpha value is -0.780. The van der Waals surface area contributed by atoms with Crippen LogP contribution in [0, 0.1) is 0 Å². The van der Waals surface area contributed by atoms with Crippen molar-refractivity contribution in [3.05, 3.63) is 11.6 Å². The average molecular weight is 183 g/mol. The summed E-state index contributed by atoms with van der Waals surface area (Å²) in [5.74, 6) is -6.75. The van der Waals surface area contributed by atoms with Gasteiger partial charge >= 0.3 is 11.9 Å². The third-order valence-electron chi connectivity index (χ3n) is 0.752. The fraction of sp³-hybridized carbons (Fsp3) is 0.400. The van der Waals surface area contributed by atoms with Gasteiger partial charge in [-0.1, -0.05) is 6.58 Å². The molecule has 0 aliphatic rings. The summed E-state index contributed by atoms with van der Waals surface area (Å²) in [6.07, 6.45) is 0. The Bertz CT molecular complexity index is 183. The minimum atomic E-state index is -3.73. The molecule has 0 saturated carbocycles. The van der Waals surface area contributed by atoms with Crippen LogP contribution in [0.3, 0.4) is 0 Å². The molecule has 0 aliphatic heterocycles. The largest absolute Gasteiger partial charge is 0.477 e. The minimum Gasteiger partial charge on any atom is -0.477 e. The molecule has 3 N–H and O–H groups in total. The van der Waals surface area contributed by atoms with Crippen molar-refractivity contribution in [3.8, 4) is 0 Å². The fourth-order valence-corrected chi connectivity index (χ4v) is 0.735. The molecule has 0 rings (SSSR count). The summed E-state index contributed by atoms with van der Waals surface area (Å²) >= 11 is 0.519. The SMILES string of the molecule is C=C(N)SCC(F)(F)C(=O)O. The number of rotatable bonds is 4. The first-order valence-electron chi connectivity index (χ1n) is 2.54. The lowest BCUT2D eigenvalue weighted by atomic mass is 10.4. The summed E-state index contributed by atoms with van der Waals surface area (Å²) in [6, 6.07) is 0. The van der Waals surface area contributed by atoms with Crippen molar-refractivity contribution >= 4 is 17.7 Å². The van der Waals surface area contributed by atoms with Crippen LogP contribution < -0.4 is 5.73 Å². The molecule has 0 aliphatic carbocycles. The zero-order valence-corrected chi connectivity index (χ0v) is 6.33. The highest BCUT2D eigenvalue weighted by Gasteiger charge is 2.38. The number of carbonyl (C=O) groups is 1. The van der Waals surface area contributed by atoms with Crippen molar-refractivity contribution < 1.29 is 18.7 Å². The van der Waals surface area contributed by atoms with E-state index in [1.54, 1.807) is 0 Å². The first kappa shape index (κ1) is 10.2. The van der Waals surface area contributed by atoms with Crippen LogP contribution in [0.25, 0.3) is 0 Å². The second kappa shape index (κ2) is 3.56. The molecule has 11 heavy (non-hydrogen) atoms. The maximum absolute atomic E-state index is 12.2. The Labute approximate surface area is 66.3 Å². The number of alkyl halides is 2. The van der Waals surface area contributed by atoms with E-state index in [1.807, 2.05) is 0 Å². The molecule has 0 aromatic heterocycles. The van der Waals surface area contributed by atoms with Crippen molar-refractivity contribution in [2.75, 3.05) is 5.75 Å². The van der Waals surface area contributed by atoms with Crippen molar-refractivity contribution in [2.24, 2.45) is 5.73 Å². The van der Waals surface area contributed by atoms with E-state index in [0.29, 0.717) is 11.8 Å². The molecule has 0 aromatic carbocycles. The molecule has 3 nitrogen and oxygen atoms in total. The highest BCUT2D eigenvalue weighted by atomic mass is 32.2. The van der Waals surface area contributed by atoms with Crippen LogP contribution in [0.1, 0.15) is 0 Å². The molecule has 0 atom stereocenters. The van der Waals surface area contributed by atoms with Gasteiger partial charge in [-0.05, 0) is 0 Å². The van der Waals surface area contributed by atoms with Crippen LogP contribution in [0.2, 0.25) is 0 Å². The van der Waals surface area contributed by atoms with Gasteiger partial charge in [0.1, 0.15) is 0 Å². The Morgan fingerprint density at radius 1 is 1.73 bits per heavy atom. The molecular weight excluding hydrogens is 176 g/mol. The summed E-state index contributed by atoms with van der Waals surface area (Å²) in [5, 5.41) is 7.90. The van der Waals surface area contributed by atoms with E-state index in [9.17, 15) is 13.6 Å². The Kier molecular flexibility index (Phi) is 3.31. The van der Waals surface area contributed by atoms with Gasteiger partial charge in [0.15, 0.2) is 0 Å². The molecule has 0 amide bonds. The third kappa shape index (κ3) is 3.82. The lowest BCUT2D eigenvalue weighted by Crippen LogP contribution is -2.31. The van der Waals surface area contributed by atoms with Crippen LogP contribution in [0.15, 0.2) is 11.6 Å². The normalized spacial score (nSPS) is 11.1. The molecule has 0 aromatic rings. The molecule has 0 spiro atoms. The summed E-state index contributed by atoms with van der Waals surface area (Å²) in [7, 11) is 0. The van der Waals surface area contributed by atoms with E-state index < -0.39 is 17.6 Å². The summed E-state index contributed by atoms with van der Waals surface area (Å²) in [4.78, 5) is 9.80. The van der Waals surface area contributed by atoms with E-state index in [-0.39, 0.29) is 5.03 Å². The number of hydrogen-bond acceptors (Lipinski definition) is 3. The van der Waals surface area contributed by atoms with Gasteiger partial charge in [0.2, 0.25) is 0 Å². The van der Waals surface area contributed by atoms with Gasteiger partial charge in [-0.2, -0.15) is 8.78 Å². The quantitative estimate of drug-likeness (QED) is 0.678. The van der Waals surface area contributed by atoms with E-state index in [1.165, 1.54) is 0 Å². The van der Waals surface area contributed by atoms with Gasteiger partial charge in [-0.15, -0.1) is 11.8 Å². The summed E-state index contributed by atoms with van der Waals surface area (Å²) in [6.45, 7) is 3.13. The number of nitrogens with two attached hydrogens (primary N) is 1. The maximum atomic E-state index is 12.2. The Morgan fingerprint density at radius 3 is 2.45 bits per heavy atom. The molecule has 0 heterocycles. The predicted molar refractivity (Wildman–Crippen MR) is 38.4 cm³/mol. The zero-order chi connectivity index (χ0) is 9.07. The summed E-state index contributed by atoms with van der Waals surface area (Å²) in [5.41, 5.74) is 4.94. The number of thioether (sulfide) groups is 1. The van der Waals surface area contributed by atoms with E-state index in [2.05, 4.69) is 6.58 Å². The van der Waals surface area contributed by atoms with Crippen LogP contribution in [0.4, 0.5) is 8.78 Å². The van der Waals surface area contributed by atoms with Crippen molar-refractivity contribution in [1.82, 2.24) is 0 Å². The number of carboxylic acid groups (broad SMARTS) is 1. The first-order valence-corrected chi connectivity index (χ1v) is 3.53. The minimum absolute atomic E-state index is 0.0223. The molecule has 64 valence electrons. The fourth-order valence-electron chi connectivity index (χ4n) is 0.245. The highest BCUT2D eigenvalue weighted by molar-refractivity contribution is 8.03. The van der Waals surface area contributed by atoms with E-state index in [0.717, 1.165) is 0 Å². The van der Waals surface area contributed by atoms with Gasteiger partial charge in [0.05, 0.1) is 10.8 Å². The van der Waals surface area contributed by atoms with Crippen molar-refractivity contribution in [1.29, 1.82) is 0 Å². The number of hydrogen-bond donors (Lipinski definition) is 2. The van der Waals surface area contributed by atoms with Crippen LogP contribution in [-0.4, -0.2) is 22.8 Å². The smallest absolute Gasteiger partial charge is 0.375 e. The Morgan fingerprint density at radius 2 is 2.18 bits per heavy atom. The third-order valence-corrected chi connectivity index (χ3v) is 1.63. The lowest BCUT2D eigenvalue weighted by Gasteiger charge is -2.09. The number of aliphatic carboxylic acids is 1. The molecule has 0 saturated heterocycles. The van der Waals surface area contributed by atoms with Crippen LogP contribution in [-0.2, 0) is 4.79 Å². The van der Waals surface area contributed by atoms with Gasteiger partial charge in [0, 0.05) is 0 Å². The van der Waals surface area contributed by atoms with E-state index >= 15 is 0 Å². The van der Waals surface area contributed by atoms with Gasteiger partial charge in [0.25, 0.3) is 0 Å². The van der Waals surface area contributed by atoms with Crippen molar-refractivity contribution in [3.63, 3.8) is 0 Å². The zero-order valence-electron chi connectivity index (χ0n) is 5.51. The first-order chi connectivity index (χ1) is 4.86. The molecule has 0 bridgehead atoms. The molecular formula is C5H7F2NO2S. The maximum Gasteiger partial charge on any atom is 0.375 e. The lowest BCUT2D eigenvalue weighted by molar-refractivity contribution is -0.161.